The Hall–Kier alpha value is -1.08. The third kappa shape index (κ3) is 4.35. The van der Waals surface area contributed by atoms with E-state index >= 15 is 0 Å². The maximum absolute atomic E-state index is 9.26. The van der Waals surface area contributed by atoms with Gasteiger partial charge in [0.25, 0.3) is 0 Å². The molecule has 1 unspecified atom stereocenters. The van der Waals surface area contributed by atoms with Crippen molar-refractivity contribution >= 4 is 11.6 Å². The van der Waals surface area contributed by atoms with E-state index in [1.54, 1.807) is 0 Å². The molecule has 0 fully saturated rings. The van der Waals surface area contributed by atoms with Crippen LogP contribution in [0.3, 0.4) is 0 Å². The van der Waals surface area contributed by atoms with E-state index in [2.05, 4.69) is 11.0 Å². The average molecular weight is 252 g/mol. The first-order valence-electron chi connectivity index (χ1n) is 5.54. The number of halogens is 1. The highest BCUT2D eigenvalue weighted by Crippen LogP contribution is 2.21. The first-order chi connectivity index (χ1) is 8.04. The van der Waals surface area contributed by atoms with Gasteiger partial charge in [0.05, 0.1) is 6.07 Å². The number of benzene rings is 1. The number of nitrogens with zero attached hydrogens (tertiary/aromatic N) is 3. The van der Waals surface area contributed by atoms with E-state index in [1.807, 2.05) is 50.3 Å². The molecule has 0 aromatic heterocycles. The molecule has 3 nitrogen and oxygen atoms in total. The molecule has 1 atom stereocenters. The van der Waals surface area contributed by atoms with Crippen molar-refractivity contribution in [1.82, 2.24) is 9.80 Å². The van der Waals surface area contributed by atoms with Gasteiger partial charge in [-0.1, -0.05) is 23.7 Å². The zero-order chi connectivity index (χ0) is 12.8. The van der Waals surface area contributed by atoms with Crippen LogP contribution in [0.4, 0.5) is 0 Å². The Morgan fingerprint density at radius 1 is 1.29 bits per heavy atom. The molecule has 0 radical (unpaired) electrons. The molecule has 0 aliphatic carbocycles. The van der Waals surface area contributed by atoms with Gasteiger partial charge in [-0.3, -0.25) is 4.90 Å². The molecule has 1 rings (SSSR count). The van der Waals surface area contributed by atoms with Crippen LogP contribution in [0.2, 0.25) is 5.02 Å². The summed E-state index contributed by atoms with van der Waals surface area (Å²) in [6, 6.07) is 9.56. The Morgan fingerprint density at radius 3 is 2.53 bits per heavy atom. The van der Waals surface area contributed by atoms with Gasteiger partial charge in [0, 0.05) is 18.1 Å². The van der Waals surface area contributed by atoms with Gasteiger partial charge in [-0.15, -0.1) is 0 Å². The number of likely N-dealkylation sites (N-methyl/N-ethyl adjacent to an activating group) is 2. The van der Waals surface area contributed by atoms with Gasteiger partial charge in [0.1, 0.15) is 6.04 Å². The van der Waals surface area contributed by atoms with Crippen LogP contribution < -0.4 is 0 Å². The fourth-order valence-corrected chi connectivity index (χ4v) is 1.79. The lowest BCUT2D eigenvalue weighted by atomic mass is 10.1. The summed E-state index contributed by atoms with van der Waals surface area (Å²) in [4.78, 5) is 4.13. The number of hydrogen-bond donors (Lipinski definition) is 0. The van der Waals surface area contributed by atoms with Crippen molar-refractivity contribution in [2.75, 3.05) is 34.2 Å². The first-order valence-corrected chi connectivity index (χ1v) is 5.92. The molecule has 0 N–H and O–H groups in total. The van der Waals surface area contributed by atoms with E-state index in [4.69, 9.17) is 11.6 Å². The summed E-state index contributed by atoms with van der Waals surface area (Å²) in [6.45, 7) is 1.77. The normalized spacial score (nSPS) is 12.8. The van der Waals surface area contributed by atoms with Crippen molar-refractivity contribution in [3.63, 3.8) is 0 Å². The molecule has 1 aromatic carbocycles. The highest BCUT2D eigenvalue weighted by atomic mass is 35.5. The van der Waals surface area contributed by atoms with Crippen LogP contribution in [0.1, 0.15) is 11.6 Å². The molecule has 0 spiro atoms. The number of rotatable bonds is 5. The zero-order valence-corrected chi connectivity index (χ0v) is 11.3. The highest BCUT2D eigenvalue weighted by Gasteiger charge is 2.16. The van der Waals surface area contributed by atoms with Crippen LogP contribution >= 0.6 is 11.6 Å². The average Bonchev–Trinajstić information content (AvgIpc) is 2.27. The van der Waals surface area contributed by atoms with E-state index in [1.165, 1.54) is 0 Å². The number of nitriles is 1. The minimum Gasteiger partial charge on any atom is -0.308 e. The van der Waals surface area contributed by atoms with Crippen molar-refractivity contribution in [2.45, 2.75) is 6.04 Å². The Balaban J connectivity index is 2.75. The third-order valence-electron chi connectivity index (χ3n) is 2.63. The van der Waals surface area contributed by atoms with Crippen LogP contribution in [0.15, 0.2) is 24.3 Å². The van der Waals surface area contributed by atoms with Crippen molar-refractivity contribution in [2.24, 2.45) is 0 Å². The lowest BCUT2D eigenvalue weighted by Crippen LogP contribution is -2.31. The Morgan fingerprint density at radius 2 is 2.00 bits per heavy atom. The fraction of sp³-hybridized carbons (Fsp3) is 0.462. The quantitative estimate of drug-likeness (QED) is 0.805. The fourth-order valence-electron chi connectivity index (χ4n) is 1.59. The van der Waals surface area contributed by atoms with E-state index < -0.39 is 0 Å². The van der Waals surface area contributed by atoms with Crippen molar-refractivity contribution in [1.29, 1.82) is 5.26 Å². The summed E-state index contributed by atoms with van der Waals surface area (Å²) in [6.07, 6.45) is 0. The topological polar surface area (TPSA) is 30.3 Å². The second kappa shape index (κ2) is 6.61. The largest absolute Gasteiger partial charge is 0.308 e. The summed E-state index contributed by atoms with van der Waals surface area (Å²) >= 11 is 5.94. The molecule has 4 heteroatoms. The van der Waals surface area contributed by atoms with E-state index in [-0.39, 0.29) is 6.04 Å². The molecule has 0 aliphatic rings. The van der Waals surface area contributed by atoms with Gasteiger partial charge >= 0.3 is 0 Å². The van der Waals surface area contributed by atoms with Gasteiger partial charge in [-0.2, -0.15) is 5.26 Å². The SMILES string of the molecule is CN(C)CCN(C)C(C#N)c1cccc(Cl)c1. The molecule has 1 aromatic rings. The second-order valence-electron chi connectivity index (χ2n) is 4.37. The van der Waals surface area contributed by atoms with Crippen LogP contribution in [0, 0.1) is 11.3 Å². The van der Waals surface area contributed by atoms with E-state index in [9.17, 15) is 5.26 Å². The van der Waals surface area contributed by atoms with Gasteiger partial charge in [-0.05, 0) is 38.8 Å². The van der Waals surface area contributed by atoms with Gasteiger partial charge in [0.15, 0.2) is 0 Å². The molecular formula is C13H18ClN3. The van der Waals surface area contributed by atoms with E-state index in [0.717, 1.165) is 18.7 Å². The maximum atomic E-state index is 9.26. The smallest absolute Gasteiger partial charge is 0.123 e. The van der Waals surface area contributed by atoms with Crippen molar-refractivity contribution < 1.29 is 0 Å². The zero-order valence-electron chi connectivity index (χ0n) is 10.5. The van der Waals surface area contributed by atoms with Gasteiger partial charge in [-0.25, -0.2) is 0 Å². The Labute approximate surface area is 108 Å². The summed E-state index contributed by atoms with van der Waals surface area (Å²) in [5.74, 6) is 0. The molecule has 92 valence electrons. The molecule has 17 heavy (non-hydrogen) atoms. The van der Waals surface area contributed by atoms with Gasteiger partial charge in [0.2, 0.25) is 0 Å². The summed E-state index contributed by atoms with van der Waals surface area (Å²) < 4.78 is 0. The lowest BCUT2D eigenvalue weighted by Gasteiger charge is -2.24. The maximum Gasteiger partial charge on any atom is 0.123 e. The predicted octanol–water partition coefficient (Wildman–Crippen LogP) is 2.40. The molecule has 0 amide bonds. The second-order valence-corrected chi connectivity index (χ2v) is 4.81. The number of hydrogen-bond acceptors (Lipinski definition) is 3. The van der Waals surface area contributed by atoms with Crippen molar-refractivity contribution in [3.05, 3.63) is 34.9 Å². The van der Waals surface area contributed by atoms with E-state index in [0.29, 0.717) is 5.02 Å². The molecule has 0 saturated carbocycles. The predicted molar refractivity (Wildman–Crippen MR) is 71.0 cm³/mol. The molecule has 0 aliphatic heterocycles. The Kier molecular flexibility index (Phi) is 5.43. The monoisotopic (exact) mass is 251 g/mol. The van der Waals surface area contributed by atoms with Crippen LogP contribution in [-0.2, 0) is 0 Å². The summed E-state index contributed by atoms with van der Waals surface area (Å²) in [7, 11) is 6.00. The first kappa shape index (κ1) is 14.0. The third-order valence-corrected chi connectivity index (χ3v) is 2.86. The van der Waals surface area contributed by atoms with Crippen LogP contribution in [-0.4, -0.2) is 44.0 Å². The Bertz CT molecular complexity index is 398. The van der Waals surface area contributed by atoms with Gasteiger partial charge < -0.3 is 4.90 Å². The minimum atomic E-state index is -0.242. The minimum absolute atomic E-state index is 0.242. The molecule has 0 heterocycles. The molecular weight excluding hydrogens is 234 g/mol. The summed E-state index contributed by atoms with van der Waals surface area (Å²) in [5.41, 5.74) is 0.946. The van der Waals surface area contributed by atoms with Crippen LogP contribution in [0.25, 0.3) is 0 Å². The lowest BCUT2D eigenvalue weighted by molar-refractivity contribution is 0.253. The highest BCUT2D eigenvalue weighted by molar-refractivity contribution is 6.30. The standard InChI is InChI=1S/C13H18ClN3/c1-16(2)7-8-17(3)13(10-15)11-5-4-6-12(14)9-11/h4-6,9,13H,7-8H2,1-3H3. The molecule has 0 bridgehead atoms. The summed E-state index contributed by atoms with van der Waals surface area (Å²) in [5, 5.41) is 9.93. The van der Waals surface area contributed by atoms with Crippen LogP contribution in [0.5, 0.6) is 0 Å². The van der Waals surface area contributed by atoms with Crippen molar-refractivity contribution in [3.8, 4) is 6.07 Å². The molecule has 0 saturated heterocycles.